The van der Waals surface area contributed by atoms with Crippen molar-refractivity contribution >= 4 is 34.2 Å². The fourth-order valence-electron chi connectivity index (χ4n) is 1.15. The van der Waals surface area contributed by atoms with E-state index in [9.17, 15) is 4.79 Å². The summed E-state index contributed by atoms with van der Waals surface area (Å²) < 4.78 is 0.490. The van der Waals surface area contributed by atoms with E-state index in [1.807, 2.05) is 46.9 Å². The van der Waals surface area contributed by atoms with E-state index in [1.54, 1.807) is 0 Å². The highest BCUT2D eigenvalue weighted by Crippen LogP contribution is 2.16. The number of amides is 1. The second-order valence-electron chi connectivity index (χ2n) is 3.46. The Morgan fingerprint density at radius 2 is 1.93 bits per heavy atom. The summed E-state index contributed by atoms with van der Waals surface area (Å²) in [4.78, 5) is 11.1. The maximum absolute atomic E-state index is 11.1. The van der Waals surface area contributed by atoms with Crippen LogP contribution in [0.3, 0.4) is 0 Å². The first kappa shape index (κ1) is 11.5. The molecule has 3 heteroatoms. The first-order chi connectivity index (χ1) is 6.63. The summed E-state index contributed by atoms with van der Waals surface area (Å²) in [6.07, 6.45) is 0. The number of benzene rings is 1. The minimum Gasteiger partial charge on any atom is -0.325 e. The monoisotopic (exact) mass is 303 g/mol. The van der Waals surface area contributed by atoms with Gasteiger partial charge in [-0.2, -0.15) is 0 Å². The smallest absolute Gasteiger partial charge is 0.234 e. The highest BCUT2D eigenvalue weighted by Gasteiger charge is 2.01. The third kappa shape index (κ3) is 3.29. The first-order valence-corrected chi connectivity index (χ1v) is 6.12. The molecule has 0 saturated carbocycles. The Kier molecular flexibility index (Phi) is 4.38. The molecule has 0 aromatic heterocycles. The standard InChI is InChI=1S/C11H14INO/c1-8(2)9-3-5-10(6-4-9)13-11(14)7-12/h3-6,8H,7H2,1-2H3,(H,13,14). The van der Waals surface area contributed by atoms with Crippen LogP contribution in [0.4, 0.5) is 5.69 Å². The van der Waals surface area contributed by atoms with Crippen LogP contribution in [-0.4, -0.2) is 10.3 Å². The van der Waals surface area contributed by atoms with Gasteiger partial charge in [0, 0.05) is 5.69 Å². The van der Waals surface area contributed by atoms with Crippen molar-refractivity contribution in [1.82, 2.24) is 0 Å². The SMILES string of the molecule is CC(C)c1ccc(NC(=O)CI)cc1. The third-order valence-electron chi connectivity index (χ3n) is 1.98. The van der Waals surface area contributed by atoms with E-state index in [2.05, 4.69) is 19.2 Å². The summed E-state index contributed by atoms with van der Waals surface area (Å²) in [5, 5.41) is 2.81. The largest absolute Gasteiger partial charge is 0.325 e. The molecule has 0 radical (unpaired) electrons. The highest BCUT2D eigenvalue weighted by atomic mass is 127. The van der Waals surface area contributed by atoms with Crippen molar-refractivity contribution in [2.45, 2.75) is 19.8 Å². The molecule has 1 rings (SSSR count). The Labute approximate surface area is 98.2 Å². The van der Waals surface area contributed by atoms with Gasteiger partial charge in [-0.25, -0.2) is 0 Å². The minimum atomic E-state index is 0.0443. The van der Waals surface area contributed by atoms with E-state index in [0.717, 1.165) is 5.69 Å². The summed E-state index contributed by atoms with van der Waals surface area (Å²) in [5.41, 5.74) is 2.16. The van der Waals surface area contributed by atoms with E-state index in [4.69, 9.17) is 0 Å². The van der Waals surface area contributed by atoms with Gasteiger partial charge in [0.1, 0.15) is 0 Å². The van der Waals surface area contributed by atoms with E-state index >= 15 is 0 Å². The maximum atomic E-state index is 11.1. The molecule has 76 valence electrons. The minimum absolute atomic E-state index is 0.0443. The van der Waals surface area contributed by atoms with Gasteiger partial charge in [0.15, 0.2) is 0 Å². The first-order valence-electron chi connectivity index (χ1n) is 4.59. The van der Waals surface area contributed by atoms with Crippen molar-refractivity contribution in [3.05, 3.63) is 29.8 Å². The molecule has 14 heavy (non-hydrogen) atoms. The molecule has 2 nitrogen and oxygen atoms in total. The number of anilines is 1. The molecule has 1 aromatic rings. The molecule has 0 saturated heterocycles. The lowest BCUT2D eigenvalue weighted by molar-refractivity contribution is -0.113. The van der Waals surface area contributed by atoms with Crippen molar-refractivity contribution in [2.24, 2.45) is 0 Å². The molecular formula is C11H14INO. The van der Waals surface area contributed by atoms with Crippen molar-refractivity contribution in [1.29, 1.82) is 0 Å². The van der Waals surface area contributed by atoms with Gasteiger partial charge in [-0.05, 0) is 23.6 Å². The number of nitrogens with one attached hydrogen (secondary N) is 1. The van der Waals surface area contributed by atoms with Crippen LogP contribution in [0.25, 0.3) is 0 Å². The summed E-state index contributed by atoms with van der Waals surface area (Å²) in [6, 6.07) is 7.99. The number of alkyl halides is 1. The zero-order valence-electron chi connectivity index (χ0n) is 8.38. The normalized spacial score (nSPS) is 10.3. The molecule has 0 aliphatic heterocycles. The number of rotatable bonds is 3. The zero-order valence-corrected chi connectivity index (χ0v) is 10.5. The topological polar surface area (TPSA) is 29.1 Å². The second kappa shape index (κ2) is 5.34. The van der Waals surface area contributed by atoms with E-state index in [-0.39, 0.29) is 5.91 Å². The average Bonchev–Trinajstić information content (AvgIpc) is 2.18. The fourth-order valence-corrected chi connectivity index (χ4v) is 1.34. The molecule has 1 aromatic carbocycles. The van der Waals surface area contributed by atoms with Gasteiger partial charge in [-0.1, -0.05) is 48.6 Å². The molecular weight excluding hydrogens is 289 g/mol. The molecule has 0 unspecified atom stereocenters. The number of carbonyl (C=O) groups is 1. The van der Waals surface area contributed by atoms with Crippen LogP contribution in [0.2, 0.25) is 0 Å². The van der Waals surface area contributed by atoms with Crippen molar-refractivity contribution in [3.63, 3.8) is 0 Å². The van der Waals surface area contributed by atoms with Crippen LogP contribution in [0.1, 0.15) is 25.3 Å². The molecule has 0 aliphatic carbocycles. The third-order valence-corrected chi connectivity index (χ3v) is 2.68. The van der Waals surface area contributed by atoms with Gasteiger partial charge in [0.05, 0.1) is 4.43 Å². The Balaban J connectivity index is 2.69. The zero-order chi connectivity index (χ0) is 10.6. The Morgan fingerprint density at radius 1 is 1.36 bits per heavy atom. The lowest BCUT2D eigenvalue weighted by atomic mass is 10.0. The van der Waals surface area contributed by atoms with Gasteiger partial charge < -0.3 is 5.32 Å². The highest BCUT2D eigenvalue weighted by molar-refractivity contribution is 14.1. The van der Waals surface area contributed by atoms with Gasteiger partial charge in [0.25, 0.3) is 0 Å². The van der Waals surface area contributed by atoms with Crippen LogP contribution in [0, 0.1) is 0 Å². The lowest BCUT2D eigenvalue weighted by Crippen LogP contribution is -2.12. The van der Waals surface area contributed by atoms with Gasteiger partial charge >= 0.3 is 0 Å². The van der Waals surface area contributed by atoms with Crippen molar-refractivity contribution < 1.29 is 4.79 Å². The molecule has 0 atom stereocenters. The van der Waals surface area contributed by atoms with E-state index in [0.29, 0.717) is 10.3 Å². The lowest BCUT2D eigenvalue weighted by Gasteiger charge is -2.07. The second-order valence-corrected chi connectivity index (χ2v) is 4.22. The van der Waals surface area contributed by atoms with Crippen molar-refractivity contribution in [2.75, 3.05) is 9.74 Å². The Morgan fingerprint density at radius 3 is 2.36 bits per heavy atom. The number of halogens is 1. The molecule has 1 amide bonds. The summed E-state index contributed by atoms with van der Waals surface area (Å²) >= 11 is 2.05. The van der Waals surface area contributed by atoms with Crippen LogP contribution < -0.4 is 5.32 Å². The van der Waals surface area contributed by atoms with Gasteiger partial charge in [0.2, 0.25) is 5.91 Å². The Hall–Kier alpha value is -0.580. The van der Waals surface area contributed by atoms with Crippen LogP contribution >= 0.6 is 22.6 Å². The van der Waals surface area contributed by atoms with E-state index < -0.39 is 0 Å². The fraction of sp³-hybridized carbons (Fsp3) is 0.364. The maximum Gasteiger partial charge on any atom is 0.234 e. The predicted molar refractivity (Wildman–Crippen MR) is 68.0 cm³/mol. The Bertz CT molecular complexity index is 306. The quantitative estimate of drug-likeness (QED) is 0.674. The van der Waals surface area contributed by atoms with Crippen LogP contribution in [0.5, 0.6) is 0 Å². The molecule has 0 bridgehead atoms. The molecule has 0 fully saturated rings. The van der Waals surface area contributed by atoms with Gasteiger partial charge in [-0.15, -0.1) is 0 Å². The van der Waals surface area contributed by atoms with Crippen LogP contribution in [-0.2, 0) is 4.79 Å². The molecule has 1 N–H and O–H groups in total. The summed E-state index contributed by atoms with van der Waals surface area (Å²) in [5.74, 6) is 0.576. The van der Waals surface area contributed by atoms with Crippen molar-refractivity contribution in [3.8, 4) is 0 Å². The number of hydrogen-bond acceptors (Lipinski definition) is 1. The van der Waals surface area contributed by atoms with Crippen LogP contribution in [0.15, 0.2) is 24.3 Å². The summed E-state index contributed by atoms with van der Waals surface area (Å²) in [6.45, 7) is 4.30. The van der Waals surface area contributed by atoms with Gasteiger partial charge in [-0.3, -0.25) is 4.79 Å². The molecule has 0 heterocycles. The molecule has 0 spiro atoms. The van der Waals surface area contributed by atoms with E-state index in [1.165, 1.54) is 5.56 Å². The number of carbonyl (C=O) groups excluding carboxylic acids is 1. The molecule has 0 aliphatic rings. The number of hydrogen-bond donors (Lipinski definition) is 1. The predicted octanol–water partition coefficient (Wildman–Crippen LogP) is 3.18. The average molecular weight is 303 g/mol. The summed E-state index contributed by atoms with van der Waals surface area (Å²) in [7, 11) is 0.